The lowest BCUT2D eigenvalue weighted by atomic mass is 9.91. The van der Waals surface area contributed by atoms with Gasteiger partial charge in [-0.05, 0) is 26.3 Å². The number of ketones is 1. The van der Waals surface area contributed by atoms with Gasteiger partial charge in [0.2, 0.25) is 5.91 Å². The molecule has 0 fully saturated rings. The summed E-state index contributed by atoms with van der Waals surface area (Å²) in [4.78, 5) is 23.4. The highest BCUT2D eigenvalue weighted by Gasteiger charge is 2.26. The molecule has 0 radical (unpaired) electrons. The van der Waals surface area contributed by atoms with Crippen LogP contribution in [0.4, 0.5) is 0 Å². The van der Waals surface area contributed by atoms with Gasteiger partial charge in [-0.2, -0.15) is 0 Å². The van der Waals surface area contributed by atoms with Gasteiger partial charge < -0.3 is 10.6 Å². The van der Waals surface area contributed by atoms with E-state index in [-0.39, 0.29) is 29.7 Å². The summed E-state index contributed by atoms with van der Waals surface area (Å²) < 4.78 is 0. The predicted octanol–water partition coefficient (Wildman–Crippen LogP) is 1.49. The minimum atomic E-state index is -0.349. The third-order valence-corrected chi connectivity index (χ3v) is 3.16. The van der Waals surface area contributed by atoms with Crippen LogP contribution in [0.25, 0.3) is 0 Å². The van der Waals surface area contributed by atoms with Gasteiger partial charge in [0.05, 0.1) is 12.1 Å². The Balaban J connectivity index is 4.54. The Morgan fingerprint density at radius 1 is 1.12 bits per heavy atom. The van der Waals surface area contributed by atoms with Crippen molar-refractivity contribution in [2.45, 2.75) is 59.5 Å². The number of hydrogen-bond donors (Lipinski definition) is 2. The van der Waals surface area contributed by atoms with Crippen molar-refractivity contribution in [1.82, 2.24) is 10.6 Å². The summed E-state index contributed by atoms with van der Waals surface area (Å²) in [6.45, 7) is 10.1. The van der Waals surface area contributed by atoms with Crippen LogP contribution in [0.1, 0.15) is 47.5 Å². The van der Waals surface area contributed by atoms with E-state index < -0.39 is 0 Å². The van der Waals surface area contributed by atoms with Crippen LogP contribution in [0.5, 0.6) is 0 Å². The topological polar surface area (TPSA) is 58.2 Å². The second-order valence-electron chi connectivity index (χ2n) is 4.45. The molecular formula is C13H26N2O2. The van der Waals surface area contributed by atoms with E-state index in [1.165, 1.54) is 0 Å². The van der Waals surface area contributed by atoms with Crippen molar-refractivity contribution in [2.24, 2.45) is 5.92 Å². The Kier molecular flexibility index (Phi) is 7.79. The second kappa shape index (κ2) is 8.23. The van der Waals surface area contributed by atoms with E-state index in [1.54, 1.807) is 6.92 Å². The summed E-state index contributed by atoms with van der Waals surface area (Å²) >= 11 is 0. The first kappa shape index (κ1) is 16.1. The van der Waals surface area contributed by atoms with Gasteiger partial charge in [-0.25, -0.2) is 0 Å². The van der Waals surface area contributed by atoms with E-state index in [0.29, 0.717) is 0 Å². The zero-order valence-electron chi connectivity index (χ0n) is 11.7. The van der Waals surface area contributed by atoms with Crippen molar-refractivity contribution in [3.05, 3.63) is 0 Å². The summed E-state index contributed by atoms with van der Waals surface area (Å²) in [7, 11) is 0. The van der Waals surface area contributed by atoms with Gasteiger partial charge in [-0.15, -0.1) is 0 Å². The van der Waals surface area contributed by atoms with Crippen LogP contribution in [-0.2, 0) is 9.59 Å². The van der Waals surface area contributed by atoms with Gasteiger partial charge in [0, 0.05) is 0 Å². The average molecular weight is 242 g/mol. The highest BCUT2D eigenvalue weighted by atomic mass is 16.2. The van der Waals surface area contributed by atoms with Crippen LogP contribution in [0, 0.1) is 5.92 Å². The Morgan fingerprint density at radius 3 is 2.00 bits per heavy atom. The summed E-state index contributed by atoms with van der Waals surface area (Å²) in [5.74, 6) is 0.167. The summed E-state index contributed by atoms with van der Waals surface area (Å²) in [5.41, 5.74) is 0. The van der Waals surface area contributed by atoms with Gasteiger partial charge in [-0.1, -0.05) is 33.6 Å². The molecule has 0 aromatic heterocycles. The molecule has 0 heterocycles. The van der Waals surface area contributed by atoms with E-state index in [4.69, 9.17) is 0 Å². The Labute approximate surface area is 105 Å². The third kappa shape index (κ3) is 5.31. The Bertz CT molecular complexity index is 250. The molecule has 0 aliphatic rings. The minimum Gasteiger partial charge on any atom is -0.345 e. The van der Waals surface area contributed by atoms with E-state index >= 15 is 0 Å². The zero-order valence-corrected chi connectivity index (χ0v) is 11.7. The fourth-order valence-electron chi connectivity index (χ4n) is 1.99. The molecule has 100 valence electrons. The monoisotopic (exact) mass is 242 g/mol. The number of rotatable bonds is 8. The molecule has 0 aromatic carbocycles. The number of carbonyl (C=O) groups excluding carboxylic acids is 2. The van der Waals surface area contributed by atoms with Crippen LogP contribution in [0.3, 0.4) is 0 Å². The lowest BCUT2D eigenvalue weighted by molar-refractivity contribution is -0.129. The molecule has 0 spiro atoms. The fourth-order valence-corrected chi connectivity index (χ4v) is 1.99. The maximum atomic E-state index is 11.9. The first-order chi connectivity index (χ1) is 7.97. The first-order valence-electron chi connectivity index (χ1n) is 6.52. The first-order valence-corrected chi connectivity index (χ1v) is 6.52. The van der Waals surface area contributed by atoms with Crippen LogP contribution < -0.4 is 10.6 Å². The van der Waals surface area contributed by atoms with E-state index in [9.17, 15) is 9.59 Å². The molecule has 0 saturated carbocycles. The quantitative estimate of drug-likeness (QED) is 0.678. The average Bonchev–Trinajstić information content (AvgIpc) is 2.29. The zero-order chi connectivity index (χ0) is 13.4. The molecule has 1 amide bonds. The molecule has 0 saturated heterocycles. The molecule has 0 aliphatic heterocycles. The molecule has 0 rings (SSSR count). The molecule has 0 unspecified atom stereocenters. The van der Waals surface area contributed by atoms with Crippen LogP contribution >= 0.6 is 0 Å². The second-order valence-corrected chi connectivity index (χ2v) is 4.45. The standard InChI is InChI=1S/C13H26N2O2/c1-6-11(7-2)12(10(5)16)15-13(17)9(4)14-8-3/h9,11-12,14H,6-8H2,1-5H3,(H,15,17)/t9-,12+/m0/s1. The largest absolute Gasteiger partial charge is 0.345 e. The van der Waals surface area contributed by atoms with E-state index in [2.05, 4.69) is 10.6 Å². The highest BCUT2D eigenvalue weighted by Crippen LogP contribution is 2.14. The lowest BCUT2D eigenvalue weighted by Crippen LogP contribution is -2.51. The number of amides is 1. The Hall–Kier alpha value is -0.900. The van der Waals surface area contributed by atoms with Crippen molar-refractivity contribution in [1.29, 1.82) is 0 Å². The van der Waals surface area contributed by atoms with Crippen LogP contribution in [0.15, 0.2) is 0 Å². The summed E-state index contributed by atoms with van der Waals surface area (Å²) in [6.07, 6.45) is 1.80. The lowest BCUT2D eigenvalue weighted by Gasteiger charge is -2.25. The van der Waals surface area contributed by atoms with Crippen LogP contribution in [0.2, 0.25) is 0 Å². The summed E-state index contributed by atoms with van der Waals surface area (Å²) in [5, 5.41) is 5.89. The Morgan fingerprint density at radius 2 is 1.65 bits per heavy atom. The van der Waals surface area contributed by atoms with Gasteiger partial charge in [0.25, 0.3) is 0 Å². The fraction of sp³-hybridized carbons (Fsp3) is 0.846. The number of likely N-dealkylation sites (N-methyl/N-ethyl adjacent to an activating group) is 1. The van der Waals surface area contributed by atoms with Crippen molar-refractivity contribution in [2.75, 3.05) is 6.54 Å². The molecule has 0 aliphatic carbocycles. The SMILES string of the molecule is CCN[C@@H](C)C(=O)N[C@H](C(C)=O)C(CC)CC. The van der Waals surface area contributed by atoms with Gasteiger partial charge in [0.15, 0.2) is 5.78 Å². The molecule has 17 heavy (non-hydrogen) atoms. The number of carbonyl (C=O) groups is 2. The van der Waals surface area contributed by atoms with Crippen LogP contribution in [-0.4, -0.2) is 30.3 Å². The molecule has 2 N–H and O–H groups in total. The molecule has 4 heteroatoms. The summed E-state index contributed by atoms with van der Waals surface area (Å²) in [6, 6.07) is -0.602. The molecule has 4 nitrogen and oxygen atoms in total. The van der Waals surface area contributed by atoms with Crippen molar-refractivity contribution in [3.8, 4) is 0 Å². The highest BCUT2D eigenvalue weighted by molar-refractivity contribution is 5.89. The molecular weight excluding hydrogens is 216 g/mol. The molecule has 0 aromatic rings. The normalized spacial score (nSPS) is 14.5. The van der Waals surface area contributed by atoms with Gasteiger partial charge in [-0.3, -0.25) is 9.59 Å². The van der Waals surface area contributed by atoms with E-state index in [0.717, 1.165) is 19.4 Å². The minimum absolute atomic E-state index is 0.0377. The molecule has 0 bridgehead atoms. The van der Waals surface area contributed by atoms with Crippen molar-refractivity contribution < 1.29 is 9.59 Å². The third-order valence-electron chi connectivity index (χ3n) is 3.16. The maximum absolute atomic E-state index is 11.9. The predicted molar refractivity (Wildman–Crippen MR) is 69.8 cm³/mol. The molecule has 2 atom stereocenters. The van der Waals surface area contributed by atoms with E-state index in [1.807, 2.05) is 27.7 Å². The number of hydrogen-bond acceptors (Lipinski definition) is 3. The number of Topliss-reactive ketones (excluding diaryl/α,β-unsaturated/α-hetero) is 1. The van der Waals surface area contributed by atoms with Crippen molar-refractivity contribution >= 4 is 11.7 Å². The van der Waals surface area contributed by atoms with Gasteiger partial charge >= 0.3 is 0 Å². The number of nitrogens with one attached hydrogen (secondary N) is 2. The maximum Gasteiger partial charge on any atom is 0.237 e. The van der Waals surface area contributed by atoms with Crippen molar-refractivity contribution in [3.63, 3.8) is 0 Å². The smallest absolute Gasteiger partial charge is 0.237 e. The van der Waals surface area contributed by atoms with Gasteiger partial charge in [0.1, 0.15) is 0 Å².